The Hall–Kier alpha value is -3.74. The molecule has 7 heteroatoms. The second-order valence-corrected chi connectivity index (χ2v) is 10.5. The van der Waals surface area contributed by atoms with Crippen molar-refractivity contribution < 1.29 is 14.4 Å². The lowest BCUT2D eigenvalue weighted by Gasteiger charge is -2.36. The average Bonchev–Trinajstić information content (AvgIpc) is 2.98. The molecule has 1 fully saturated rings. The van der Waals surface area contributed by atoms with Crippen LogP contribution in [0.3, 0.4) is 0 Å². The van der Waals surface area contributed by atoms with Crippen molar-refractivity contribution in [3.63, 3.8) is 0 Å². The number of amides is 3. The number of fused-ring (bicyclic) bond motifs is 1. The van der Waals surface area contributed by atoms with Crippen LogP contribution in [0.1, 0.15) is 44.7 Å². The molecular weight excluding hydrogens is 464 g/mol. The number of rotatable bonds is 8. The second-order valence-electron chi connectivity index (χ2n) is 10.5. The van der Waals surface area contributed by atoms with Crippen molar-refractivity contribution >= 4 is 28.5 Å². The minimum atomic E-state index is -0.786. The average molecular weight is 501 g/mol. The van der Waals surface area contributed by atoms with Crippen molar-refractivity contribution in [2.24, 2.45) is 11.7 Å². The highest BCUT2D eigenvalue weighted by atomic mass is 16.2. The van der Waals surface area contributed by atoms with Gasteiger partial charge in [0.1, 0.15) is 12.1 Å². The van der Waals surface area contributed by atoms with Gasteiger partial charge >= 0.3 is 0 Å². The Morgan fingerprint density at radius 3 is 2.41 bits per heavy atom. The molecule has 1 aliphatic rings. The standard InChI is InChI=1S/C30H36N4O3/c1-20(2)16-27-30(37)33(15-12-21(3)34(27)28(35)19-22-10-13-32-14-11-22)26(29(31)36)18-23-8-9-24-6-4-5-7-25(24)17-23/h4-11,13-14,17,20-21,26-27H,12,15-16,18-19H2,1-3H3,(H2,31,36). The summed E-state index contributed by atoms with van der Waals surface area (Å²) in [6.45, 7) is 6.44. The van der Waals surface area contributed by atoms with Crippen LogP contribution >= 0.6 is 0 Å². The molecule has 3 atom stereocenters. The first-order valence-electron chi connectivity index (χ1n) is 13.0. The van der Waals surface area contributed by atoms with Crippen LogP contribution in [-0.4, -0.2) is 57.2 Å². The molecule has 0 radical (unpaired) electrons. The Bertz CT molecular complexity index is 1260. The summed E-state index contributed by atoms with van der Waals surface area (Å²) in [4.78, 5) is 47.7. The van der Waals surface area contributed by atoms with E-state index in [1.54, 1.807) is 22.2 Å². The van der Waals surface area contributed by atoms with E-state index in [0.717, 1.165) is 21.9 Å². The molecule has 0 saturated carbocycles. The summed E-state index contributed by atoms with van der Waals surface area (Å²) >= 11 is 0. The van der Waals surface area contributed by atoms with E-state index in [-0.39, 0.29) is 30.2 Å². The van der Waals surface area contributed by atoms with Crippen LogP contribution in [0.4, 0.5) is 0 Å². The van der Waals surface area contributed by atoms with Crippen LogP contribution in [0.25, 0.3) is 10.8 Å². The molecule has 194 valence electrons. The van der Waals surface area contributed by atoms with Gasteiger partial charge in [-0.2, -0.15) is 0 Å². The van der Waals surface area contributed by atoms with Gasteiger partial charge in [-0.05, 0) is 59.7 Å². The van der Waals surface area contributed by atoms with E-state index in [9.17, 15) is 14.4 Å². The van der Waals surface area contributed by atoms with Crippen LogP contribution < -0.4 is 5.73 Å². The van der Waals surface area contributed by atoms with Gasteiger partial charge in [0.25, 0.3) is 0 Å². The zero-order valence-corrected chi connectivity index (χ0v) is 21.8. The SMILES string of the molecule is CC(C)CC1C(=O)N(C(Cc2ccc3ccccc3c2)C(N)=O)CCC(C)N1C(=O)Cc1ccncc1. The van der Waals surface area contributed by atoms with Gasteiger partial charge in [0.2, 0.25) is 17.7 Å². The number of hydrogen-bond acceptors (Lipinski definition) is 4. The lowest BCUT2D eigenvalue weighted by atomic mass is 9.97. The first kappa shape index (κ1) is 26.3. The molecule has 3 unspecified atom stereocenters. The summed E-state index contributed by atoms with van der Waals surface area (Å²) in [7, 11) is 0. The molecule has 7 nitrogen and oxygen atoms in total. The van der Waals surface area contributed by atoms with E-state index in [0.29, 0.717) is 25.8 Å². The molecular formula is C30H36N4O3. The topological polar surface area (TPSA) is 96.6 Å². The fourth-order valence-electron chi connectivity index (χ4n) is 5.30. The van der Waals surface area contributed by atoms with Crippen LogP contribution in [0.5, 0.6) is 0 Å². The molecule has 3 amide bonds. The van der Waals surface area contributed by atoms with Crippen LogP contribution in [0.2, 0.25) is 0 Å². The van der Waals surface area contributed by atoms with Crippen molar-refractivity contribution in [3.8, 4) is 0 Å². The number of nitrogens with two attached hydrogens (primary N) is 1. The van der Waals surface area contributed by atoms with Gasteiger partial charge in [0.15, 0.2) is 0 Å². The summed E-state index contributed by atoms with van der Waals surface area (Å²) in [5, 5.41) is 2.19. The van der Waals surface area contributed by atoms with E-state index in [4.69, 9.17) is 5.73 Å². The van der Waals surface area contributed by atoms with Gasteiger partial charge in [-0.25, -0.2) is 0 Å². The molecule has 3 aromatic rings. The molecule has 0 bridgehead atoms. The molecule has 1 saturated heterocycles. The zero-order valence-electron chi connectivity index (χ0n) is 21.8. The van der Waals surface area contributed by atoms with Crippen LogP contribution in [0, 0.1) is 5.92 Å². The van der Waals surface area contributed by atoms with Crippen molar-refractivity contribution in [1.82, 2.24) is 14.8 Å². The zero-order chi connectivity index (χ0) is 26.5. The minimum absolute atomic E-state index is 0.0929. The van der Waals surface area contributed by atoms with Crippen LogP contribution in [-0.2, 0) is 27.2 Å². The highest BCUT2D eigenvalue weighted by Crippen LogP contribution is 2.26. The van der Waals surface area contributed by atoms with E-state index in [1.807, 2.05) is 75.4 Å². The molecule has 0 aliphatic carbocycles. The highest BCUT2D eigenvalue weighted by Gasteiger charge is 2.42. The normalized spacial score (nSPS) is 19.2. The van der Waals surface area contributed by atoms with Gasteiger partial charge in [0, 0.05) is 31.4 Å². The van der Waals surface area contributed by atoms with E-state index >= 15 is 0 Å². The predicted molar refractivity (Wildman–Crippen MR) is 144 cm³/mol. The monoisotopic (exact) mass is 500 g/mol. The summed E-state index contributed by atoms with van der Waals surface area (Å²) in [6, 6.07) is 16.1. The maximum Gasteiger partial charge on any atom is 0.246 e. The fourth-order valence-corrected chi connectivity index (χ4v) is 5.30. The fraction of sp³-hybridized carbons (Fsp3) is 0.400. The number of carbonyl (C=O) groups is 3. The Labute approximate surface area is 218 Å². The number of benzene rings is 2. The quantitative estimate of drug-likeness (QED) is 0.510. The number of pyridine rings is 1. The highest BCUT2D eigenvalue weighted by molar-refractivity contribution is 5.93. The Morgan fingerprint density at radius 1 is 1.03 bits per heavy atom. The molecule has 37 heavy (non-hydrogen) atoms. The summed E-state index contributed by atoms with van der Waals surface area (Å²) in [5.74, 6) is -0.644. The van der Waals surface area contributed by atoms with E-state index in [2.05, 4.69) is 4.98 Å². The van der Waals surface area contributed by atoms with Gasteiger partial charge in [0.05, 0.1) is 6.42 Å². The van der Waals surface area contributed by atoms with Crippen molar-refractivity contribution in [2.45, 2.75) is 64.6 Å². The van der Waals surface area contributed by atoms with Crippen molar-refractivity contribution in [3.05, 3.63) is 78.1 Å². The van der Waals surface area contributed by atoms with Gasteiger partial charge in [-0.15, -0.1) is 0 Å². The largest absolute Gasteiger partial charge is 0.368 e. The Kier molecular flexibility index (Phi) is 8.21. The molecule has 2 aromatic carbocycles. The van der Waals surface area contributed by atoms with Gasteiger partial charge in [-0.3, -0.25) is 19.4 Å². The summed E-state index contributed by atoms with van der Waals surface area (Å²) in [6.07, 6.45) is 4.95. The molecule has 2 heterocycles. The smallest absolute Gasteiger partial charge is 0.246 e. The second kappa shape index (κ2) is 11.5. The molecule has 1 aliphatic heterocycles. The number of nitrogens with zero attached hydrogens (tertiary/aromatic N) is 3. The summed E-state index contributed by atoms with van der Waals surface area (Å²) < 4.78 is 0. The maximum atomic E-state index is 14.1. The first-order valence-corrected chi connectivity index (χ1v) is 13.0. The predicted octanol–water partition coefficient (Wildman–Crippen LogP) is 3.74. The number of aromatic nitrogens is 1. The maximum absolute atomic E-state index is 14.1. The minimum Gasteiger partial charge on any atom is -0.368 e. The van der Waals surface area contributed by atoms with Gasteiger partial charge < -0.3 is 15.5 Å². The third kappa shape index (κ3) is 6.16. The molecule has 4 rings (SSSR count). The van der Waals surface area contributed by atoms with Crippen LogP contribution in [0.15, 0.2) is 67.0 Å². The molecule has 0 spiro atoms. The lowest BCUT2D eigenvalue weighted by molar-refractivity contribution is -0.148. The third-order valence-electron chi connectivity index (χ3n) is 7.20. The van der Waals surface area contributed by atoms with E-state index < -0.39 is 18.0 Å². The first-order chi connectivity index (χ1) is 17.7. The van der Waals surface area contributed by atoms with Crippen molar-refractivity contribution in [1.29, 1.82) is 0 Å². The molecule has 2 N–H and O–H groups in total. The lowest BCUT2D eigenvalue weighted by Crippen LogP contribution is -2.56. The van der Waals surface area contributed by atoms with Gasteiger partial charge in [-0.1, -0.05) is 56.3 Å². The number of carbonyl (C=O) groups excluding carboxylic acids is 3. The van der Waals surface area contributed by atoms with Crippen molar-refractivity contribution in [2.75, 3.05) is 6.54 Å². The molecule has 1 aromatic heterocycles. The summed E-state index contributed by atoms with van der Waals surface area (Å²) in [5.41, 5.74) is 7.70. The third-order valence-corrected chi connectivity index (χ3v) is 7.20. The number of primary amides is 1. The Balaban J connectivity index is 1.63. The Morgan fingerprint density at radius 2 is 1.73 bits per heavy atom. The van der Waals surface area contributed by atoms with E-state index in [1.165, 1.54) is 0 Å². The number of hydrogen-bond donors (Lipinski definition) is 1.